The lowest BCUT2D eigenvalue weighted by Crippen LogP contribution is -2.48. The first-order valence-corrected chi connectivity index (χ1v) is 10.7. The molecule has 1 aliphatic heterocycles. The minimum Gasteiger partial charge on any atom is -0.353 e. The van der Waals surface area contributed by atoms with E-state index in [-0.39, 0.29) is 0 Å². The molecule has 3 aromatic heterocycles. The molecule has 0 radical (unpaired) electrons. The number of hydrogen-bond donors (Lipinski definition) is 2. The summed E-state index contributed by atoms with van der Waals surface area (Å²) in [5.74, 6) is 2.07. The maximum Gasteiger partial charge on any atom is 0.162 e. The van der Waals surface area contributed by atoms with Gasteiger partial charge in [0.1, 0.15) is 11.5 Å². The Balaban J connectivity index is 1.79. The Labute approximate surface area is 179 Å². The highest BCUT2D eigenvalue weighted by atomic mass is 35.5. The van der Waals surface area contributed by atoms with Gasteiger partial charge in [-0.25, -0.2) is 15.0 Å². The van der Waals surface area contributed by atoms with Crippen LogP contribution in [0.2, 0.25) is 5.02 Å². The molecule has 0 spiro atoms. The van der Waals surface area contributed by atoms with Crippen molar-refractivity contribution in [3.63, 3.8) is 0 Å². The molecular formula is C22H24ClN7. The fourth-order valence-electron chi connectivity index (χ4n) is 4.13. The van der Waals surface area contributed by atoms with E-state index in [4.69, 9.17) is 21.6 Å². The van der Waals surface area contributed by atoms with Crippen molar-refractivity contribution in [1.82, 2.24) is 25.3 Å². The van der Waals surface area contributed by atoms with Crippen LogP contribution in [0.3, 0.4) is 0 Å². The van der Waals surface area contributed by atoms with E-state index in [0.717, 1.165) is 59.2 Å². The molecule has 0 unspecified atom stereocenters. The Hall–Kier alpha value is -2.77. The van der Waals surface area contributed by atoms with Crippen molar-refractivity contribution >= 4 is 46.8 Å². The monoisotopic (exact) mass is 421 g/mol. The van der Waals surface area contributed by atoms with Crippen molar-refractivity contribution < 1.29 is 0 Å². The van der Waals surface area contributed by atoms with Crippen LogP contribution in [0.5, 0.6) is 0 Å². The molecule has 3 aromatic rings. The van der Waals surface area contributed by atoms with Crippen molar-refractivity contribution in [1.29, 1.82) is 0 Å². The van der Waals surface area contributed by atoms with Gasteiger partial charge in [0.15, 0.2) is 5.82 Å². The van der Waals surface area contributed by atoms with E-state index in [1.807, 2.05) is 19.3 Å². The quantitative estimate of drug-likeness (QED) is 0.627. The average molecular weight is 422 g/mol. The molecule has 0 atom stereocenters. The molecule has 0 bridgehead atoms. The number of pyridine rings is 1. The van der Waals surface area contributed by atoms with Gasteiger partial charge in [-0.1, -0.05) is 18.2 Å². The van der Waals surface area contributed by atoms with Crippen LogP contribution in [0.15, 0.2) is 23.5 Å². The smallest absolute Gasteiger partial charge is 0.162 e. The number of rotatable bonds is 4. The number of H-pyrrole nitrogens is 1. The van der Waals surface area contributed by atoms with Gasteiger partial charge in [-0.2, -0.15) is 0 Å². The molecule has 30 heavy (non-hydrogen) atoms. The number of nitrogens with zero attached hydrogens (tertiary/aromatic N) is 5. The van der Waals surface area contributed by atoms with Gasteiger partial charge < -0.3 is 15.2 Å². The predicted molar refractivity (Wildman–Crippen MR) is 123 cm³/mol. The number of halogens is 1. The zero-order chi connectivity index (χ0) is 20.7. The van der Waals surface area contributed by atoms with Gasteiger partial charge >= 0.3 is 0 Å². The van der Waals surface area contributed by atoms with Crippen molar-refractivity contribution in [2.45, 2.75) is 12.8 Å². The van der Waals surface area contributed by atoms with Crippen molar-refractivity contribution in [3.05, 3.63) is 34.1 Å². The van der Waals surface area contributed by atoms with Crippen LogP contribution in [0.4, 0.5) is 5.82 Å². The van der Waals surface area contributed by atoms with E-state index in [2.05, 4.69) is 31.8 Å². The zero-order valence-corrected chi connectivity index (χ0v) is 17.7. The fourth-order valence-corrected chi connectivity index (χ4v) is 4.37. The first-order valence-electron chi connectivity index (χ1n) is 10.3. The van der Waals surface area contributed by atoms with E-state index in [0.29, 0.717) is 16.8 Å². The van der Waals surface area contributed by atoms with Crippen molar-refractivity contribution in [3.8, 4) is 11.4 Å². The Morgan fingerprint density at radius 1 is 1.30 bits per heavy atom. The second-order valence-electron chi connectivity index (χ2n) is 7.77. The van der Waals surface area contributed by atoms with Gasteiger partial charge in [0.2, 0.25) is 0 Å². The van der Waals surface area contributed by atoms with Crippen LogP contribution >= 0.6 is 11.6 Å². The summed E-state index contributed by atoms with van der Waals surface area (Å²) in [6.07, 6.45) is 7.81. The summed E-state index contributed by atoms with van der Waals surface area (Å²) in [6, 6.07) is 1.91. The van der Waals surface area contributed by atoms with Gasteiger partial charge in [0.05, 0.1) is 10.4 Å². The molecule has 1 aliphatic carbocycles. The Morgan fingerprint density at radius 3 is 2.83 bits per heavy atom. The average Bonchev–Trinajstić information content (AvgIpc) is 3.55. The highest BCUT2D eigenvalue weighted by Gasteiger charge is 2.28. The number of aliphatic imine (C=N–C) groups is 1. The Kier molecular flexibility index (Phi) is 5.00. The number of hydrogen-bond acceptors (Lipinski definition) is 6. The molecule has 2 aliphatic rings. The summed E-state index contributed by atoms with van der Waals surface area (Å²) >= 11 is 6.45. The molecule has 5 rings (SSSR count). The topological polar surface area (TPSA) is 82.1 Å². The Bertz CT molecular complexity index is 1240. The van der Waals surface area contributed by atoms with E-state index in [1.165, 1.54) is 18.4 Å². The molecule has 2 N–H and O–H groups in total. The third kappa shape index (κ3) is 3.38. The lowest BCUT2D eigenvalue weighted by atomic mass is 10.1. The first-order chi connectivity index (χ1) is 14.7. The fraction of sp³-hybridized carbons (Fsp3) is 0.364. The van der Waals surface area contributed by atoms with Crippen LogP contribution in [0, 0.1) is 5.92 Å². The molecule has 0 aromatic carbocycles. The van der Waals surface area contributed by atoms with Crippen LogP contribution in [-0.2, 0) is 0 Å². The third-order valence-electron chi connectivity index (χ3n) is 5.72. The molecule has 2 fully saturated rings. The maximum absolute atomic E-state index is 6.45. The van der Waals surface area contributed by atoms with Crippen molar-refractivity contribution in [2.75, 3.05) is 38.1 Å². The SMILES string of the molecule is C=c1nc(-c2ccnc3[nH]cc(Cl)c23)nc(N2CCNCC2)/c1=C(/C=N\C)C1CC1. The number of aromatic nitrogens is 4. The van der Waals surface area contributed by atoms with Crippen LogP contribution in [0.1, 0.15) is 12.8 Å². The number of anilines is 1. The standard InChI is InChI=1S/C22H24ClN7/c1-13-18(16(11-24-2)14-3-4-14)22(30-9-7-25-8-10-30)29-20(28-13)15-5-6-26-21-19(15)17(23)12-27-21/h5-6,11-12,14,25H,1,3-4,7-10H2,2H3,(H,26,27)/b18-16-,24-11-. The normalized spacial score (nSPS) is 18.4. The van der Waals surface area contributed by atoms with Gasteiger partial charge in [-0.15, -0.1) is 0 Å². The second kappa shape index (κ2) is 7.81. The predicted octanol–water partition coefficient (Wildman–Crippen LogP) is 1.75. The summed E-state index contributed by atoms with van der Waals surface area (Å²) in [5.41, 5.74) is 2.78. The summed E-state index contributed by atoms with van der Waals surface area (Å²) < 4.78 is 0. The van der Waals surface area contributed by atoms with Gasteiger partial charge in [0, 0.05) is 68.0 Å². The number of fused-ring (bicyclic) bond motifs is 1. The molecule has 154 valence electrons. The largest absolute Gasteiger partial charge is 0.353 e. The van der Waals surface area contributed by atoms with Crippen LogP contribution in [-0.4, -0.2) is 59.4 Å². The van der Waals surface area contributed by atoms with E-state index in [9.17, 15) is 0 Å². The minimum absolute atomic E-state index is 0.511. The lowest BCUT2D eigenvalue weighted by Gasteiger charge is -2.29. The Morgan fingerprint density at radius 2 is 2.10 bits per heavy atom. The summed E-state index contributed by atoms with van der Waals surface area (Å²) in [7, 11) is 1.81. The molecule has 0 amide bonds. The summed E-state index contributed by atoms with van der Waals surface area (Å²) in [4.78, 5) is 24.0. The molecular weight excluding hydrogens is 398 g/mol. The van der Waals surface area contributed by atoms with Crippen LogP contribution < -0.4 is 20.8 Å². The highest BCUT2D eigenvalue weighted by Crippen LogP contribution is 2.36. The van der Waals surface area contributed by atoms with E-state index < -0.39 is 0 Å². The van der Waals surface area contributed by atoms with Gasteiger partial charge in [-0.3, -0.25) is 4.99 Å². The first kappa shape index (κ1) is 19.2. The molecule has 8 heteroatoms. The van der Waals surface area contributed by atoms with Gasteiger partial charge in [0.25, 0.3) is 0 Å². The van der Waals surface area contributed by atoms with E-state index in [1.54, 1.807) is 12.4 Å². The lowest BCUT2D eigenvalue weighted by molar-refractivity contribution is 0.583. The second-order valence-corrected chi connectivity index (χ2v) is 8.17. The molecule has 4 heterocycles. The molecule has 1 saturated carbocycles. The van der Waals surface area contributed by atoms with E-state index >= 15 is 0 Å². The maximum atomic E-state index is 6.45. The minimum atomic E-state index is 0.511. The number of piperazine rings is 1. The molecule has 7 nitrogen and oxygen atoms in total. The highest BCUT2D eigenvalue weighted by molar-refractivity contribution is 6.36. The van der Waals surface area contributed by atoms with Crippen LogP contribution in [0.25, 0.3) is 34.6 Å². The zero-order valence-electron chi connectivity index (χ0n) is 17.0. The van der Waals surface area contributed by atoms with Gasteiger partial charge in [-0.05, 0) is 30.4 Å². The number of aromatic amines is 1. The number of nitrogens with one attached hydrogen (secondary N) is 2. The molecule has 1 saturated heterocycles. The third-order valence-corrected chi connectivity index (χ3v) is 6.02. The van der Waals surface area contributed by atoms with Crippen molar-refractivity contribution in [2.24, 2.45) is 10.9 Å². The summed E-state index contributed by atoms with van der Waals surface area (Å²) in [5, 5.41) is 6.62. The summed E-state index contributed by atoms with van der Waals surface area (Å²) in [6.45, 7) is 7.96.